The molecule has 0 amide bonds. The molecule has 2 fully saturated rings. The average molecular weight is 289 g/mol. The summed E-state index contributed by atoms with van der Waals surface area (Å²) in [5.74, 6) is 3.97. The molecule has 0 saturated heterocycles. The molecule has 1 aromatic heterocycles. The third-order valence-electron chi connectivity index (χ3n) is 5.90. The van der Waals surface area contributed by atoms with Crippen LogP contribution in [0.1, 0.15) is 51.8 Å². The predicted molar refractivity (Wildman–Crippen MR) is 87.1 cm³/mol. The van der Waals surface area contributed by atoms with E-state index in [0.717, 1.165) is 30.7 Å². The van der Waals surface area contributed by atoms with Gasteiger partial charge in [0.2, 0.25) is 0 Å². The van der Waals surface area contributed by atoms with Crippen LogP contribution >= 0.6 is 0 Å². The molecule has 0 aromatic carbocycles. The van der Waals surface area contributed by atoms with Gasteiger partial charge in [-0.3, -0.25) is 0 Å². The first-order valence-corrected chi connectivity index (χ1v) is 8.76. The number of fused-ring (bicyclic) bond motifs is 2. The van der Waals surface area contributed by atoms with E-state index < -0.39 is 0 Å². The molecule has 2 bridgehead atoms. The Kier molecular flexibility index (Phi) is 4.39. The van der Waals surface area contributed by atoms with Crippen molar-refractivity contribution in [2.75, 3.05) is 13.1 Å². The molecular weight excluding hydrogens is 258 g/mol. The molecule has 1 aromatic rings. The zero-order valence-electron chi connectivity index (χ0n) is 13.9. The fourth-order valence-electron chi connectivity index (χ4n) is 4.78. The van der Waals surface area contributed by atoms with Crippen molar-refractivity contribution in [2.24, 2.45) is 30.2 Å². The summed E-state index contributed by atoms with van der Waals surface area (Å²) in [6, 6.07) is 0. The summed E-state index contributed by atoms with van der Waals surface area (Å²) in [5, 5.41) is 3.77. The molecule has 1 N–H and O–H groups in total. The lowest BCUT2D eigenvalue weighted by atomic mass is 9.70. The maximum absolute atomic E-state index is 4.52. The first-order chi connectivity index (χ1) is 10.1. The van der Waals surface area contributed by atoms with Crippen LogP contribution < -0.4 is 5.32 Å². The van der Waals surface area contributed by atoms with E-state index in [0.29, 0.717) is 5.41 Å². The van der Waals surface area contributed by atoms with Gasteiger partial charge in [-0.2, -0.15) is 0 Å². The molecule has 0 aliphatic heterocycles. The third-order valence-corrected chi connectivity index (χ3v) is 5.90. The fourth-order valence-corrected chi connectivity index (χ4v) is 4.78. The lowest BCUT2D eigenvalue weighted by molar-refractivity contribution is 0.140. The quantitative estimate of drug-likeness (QED) is 0.833. The largest absolute Gasteiger partial charge is 0.338 e. The summed E-state index contributed by atoms with van der Waals surface area (Å²) in [5.41, 5.74) is 0.545. The topological polar surface area (TPSA) is 29.9 Å². The SMILES string of the molecule is CC(C)CNCC1(CCc2nccn2C)CC2CCC1C2. The van der Waals surface area contributed by atoms with E-state index in [1.807, 2.05) is 6.20 Å². The highest BCUT2D eigenvalue weighted by Crippen LogP contribution is 2.57. The van der Waals surface area contributed by atoms with E-state index >= 15 is 0 Å². The number of imidazole rings is 1. The third kappa shape index (κ3) is 3.18. The molecule has 21 heavy (non-hydrogen) atoms. The molecule has 2 aliphatic rings. The van der Waals surface area contributed by atoms with E-state index in [-0.39, 0.29) is 0 Å². The van der Waals surface area contributed by atoms with Gasteiger partial charge in [-0.25, -0.2) is 4.98 Å². The zero-order valence-corrected chi connectivity index (χ0v) is 13.9. The number of aryl methyl sites for hydroxylation is 2. The molecule has 2 aliphatic carbocycles. The monoisotopic (exact) mass is 289 g/mol. The Balaban J connectivity index is 1.64. The Hall–Kier alpha value is -0.830. The number of nitrogens with one attached hydrogen (secondary N) is 1. The van der Waals surface area contributed by atoms with Crippen LogP contribution in [0.4, 0.5) is 0 Å². The minimum absolute atomic E-state index is 0.545. The number of rotatable bonds is 7. The zero-order chi connectivity index (χ0) is 14.9. The molecule has 1 heterocycles. The Bertz CT molecular complexity index is 465. The minimum atomic E-state index is 0.545. The summed E-state index contributed by atoms with van der Waals surface area (Å²) in [7, 11) is 2.12. The van der Waals surface area contributed by atoms with Crippen molar-refractivity contribution in [3.8, 4) is 0 Å². The summed E-state index contributed by atoms with van der Waals surface area (Å²) in [6.07, 6.45) is 12.3. The summed E-state index contributed by atoms with van der Waals surface area (Å²) in [6.45, 7) is 6.97. The smallest absolute Gasteiger partial charge is 0.108 e. The first-order valence-electron chi connectivity index (χ1n) is 8.76. The van der Waals surface area contributed by atoms with Gasteiger partial charge in [-0.1, -0.05) is 20.3 Å². The highest BCUT2D eigenvalue weighted by Gasteiger charge is 2.50. The number of hydrogen-bond donors (Lipinski definition) is 1. The first kappa shape index (κ1) is 15.1. The van der Waals surface area contributed by atoms with E-state index in [1.165, 1.54) is 44.5 Å². The standard InChI is InChI=1S/C18H31N3/c1-14(2)12-19-13-18(11-15-4-5-16(18)10-15)7-6-17-20-8-9-21(17)3/h8-9,14-16,19H,4-7,10-13H2,1-3H3. The Morgan fingerprint density at radius 1 is 1.43 bits per heavy atom. The maximum Gasteiger partial charge on any atom is 0.108 e. The van der Waals surface area contributed by atoms with Crippen LogP contribution in [0.2, 0.25) is 0 Å². The van der Waals surface area contributed by atoms with Gasteiger partial charge in [0.25, 0.3) is 0 Å². The second-order valence-corrected chi connectivity index (χ2v) is 7.92. The highest BCUT2D eigenvalue weighted by atomic mass is 15.0. The van der Waals surface area contributed by atoms with Crippen molar-refractivity contribution in [2.45, 2.75) is 52.4 Å². The Labute approximate surface area is 129 Å². The Morgan fingerprint density at radius 2 is 2.29 bits per heavy atom. The van der Waals surface area contributed by atoms with Gasteiger partial charge >= 0.3 is 0 Å². The van der Waals surface area contributed by atoms with Crippen LogP contribution in [-0.2, 0) is 13.5 Å². The van der Waals surface area contributed by atoms with Crippen molar-refractivity contribution in [3.05, 3.63) is 18.2 Å². The van der Waals surface area contributed by atoms with Gasteiger partial charge in [0.15, 0.2) is 0 Å². The molecule has 118 valence electrons. The average Bonchev–Trinajstić information content (AvgIpc) is 3.12. The second-order valence-electron chi connectivity index (χ2n) is 7.92. The number of nitrogens with zero attached hydrogens (tertiary/aromatic N) is 2. The van der Waals surface area contributed by atoms with E-state index in [4.69, 9.17) is 0 Å². The molecule has 3 heteroatoms. The van der Waals surface area contributed by atoms with Crippen LogP contribution in [0.5, 0.6) is 0 Å². The maximum atomic E-state index is 4.52. The lowest BCUT2D eigenvalue weighted by Gasteiger charge is -2.38. The van der Waals surface area contributed by atoms with E-state index in [2.05, 4.69) is 42.0 Å². The van der Waals surface area contributed by atoms with Gasteiger partial charge in [0, 0.05) is 32.4 Å². The second kappa shape index (κ2) is 6.12. The molecule has 3 rings (SSSR count). The molecule has 0 radical (unpaired) electrons. The fraction of sp³-hybridized carbons (Fsp3) is 0.833. The van der Waals surface area contributed by atoms with Gasteiger partial charge in [-0.05, 0) is 55.4 Å². The molecule has 2 saturated carbocycles. The van der Waals surface area contributed by atoms with Gasteiger partial charge < -0.3 is 9.88 Å². The van der Waals surface area contributed by atoms with E-state index in [9.17, 15) is 0 Å². The molecule has 3 atom stereocenters. The molecule has 0 spiro atoms. The normalized spacial score (nSPS) is 31.4. The minimum Gasteiger partial charge on any atom is -0.338 e. The van der Waals surface area contributed by atoms with Crippen molar-refractivity contribution in [1.29, 1.82) is 0 Å². The summed E-state index contributed by atoms with van der Waals surface area (Å²) < 4.78 is 2.18. The highest BCUT2D eigenvalue weighted by molar-refractivity contribution is 5.03. The van der Waals surface area contributed by atoms with Crippen molar-refractivity contribution >= 4 is 0 Å². The molecule has 3 unspecified atom stereocenters. The van der Waals surface area contributed by atoms with E-state index in [1.54, 1.807) is 0 Å². The summed E-state index contributed by atoms with van der Waals surface area (Å²) >= 11 is 0. The van der Waals surface area contributed by atoms with Crippen molar-refractivity contribution in [1.82, 2.24) is 14.9 Å². The molecule has 3 nitrogen and oxygen atoms in total. The number of aromatic nitrogens is 2. The van der Waals surface area contributed by atoms with Crippen LogP contribution in [0.25, 0.3) is 0 Å². The predicted octanol–water partition coefficient (Wildman–Crippen LogP) is 3.40. The summed E-state index contributed by atoms with van der Waals surface area (Å²) in [4.78, 5) is 4.52. The Morgan fingerprint density at radius 3 is 2.86 bits per heavy atom. The molecular formula is C18H31N3. The van der Waals surface area contributed by atoms with Gasteiger partial charge in [0.1, 0.15) is 5.82 Å². The van der Waals surface area contributed by atoms with Crippen LogP contribution in [0.15, 0.2) is 12.4 Å². The van der Waals surface area contributed by atoms with Crippen LogP contribution in [-0.4, -0.2) is 22.6 Å². The van der Waals surface area contributed by atoms with Crippen LogP contribution in [0.3, 0.4) is 0 Å². The van der Waals surface area contributed by atoms with Gasteiger partial charge in [0.05, 0.1) is 0 Å². The van der Waals surface area contributed by atoms with Crippen molar-refractivity contribution < 1.29 is 0 Å². The van der Waals surface area contributed by atoms with Gasteiger partial charge in [-0.15, -0.1) is 0 Å². The van der Waals surface area contributed by atoms with Crippen LogP contribution in [0, 0.1) is 23.2 Å². The van der Waals surface area contributed by atoms with Crippen molar-refractivity contribution in [3.63, 3.8) is 0 Å². The number of hydrogen-bond acceptors (Lipinski definition) is 2. The lowest BCUT2D eigenvalue weighted by Crippen LogP contribution is -2.40.